The van der Waals surface area contributed by atoms with Gasteiger partial charge in [0.05, 0.1) is 0 Å². The zero-order valence-electron chi connectivity index (χ0n) is 11.1. The Hall–Kier alpha value is -0.940. The quantitative estimate of drug-likeness (QED) is 0.860. The van der Waals surface area contributed by atoms with Crippen LogP contribution in [0.2, 0.25) is 0 Å². The third kappa shape index (κ3) is 3.29. The summed E-state index contributed by atoms with van der Waals surface area (Å²) in [6.45, 7) is 5.62. The van der Waals surface area contributed by atoms with Crippen LogP contribution in [0.5, 0.6) is 0 Å². The minimum atomic E-state index is 0.0779. The predicted octanol–water partition coefficient (Wildman–Crippen LogP) is 2.25. The van der Waals surface area contributed by atoms with E-state index in [0.717, 1.165) is 30.8 Å². The van der Waals surface area contributed by atoms with Crippen molar-refractivity contribution in [1.29, 1.82) is 0 Å². The summed E-state index contributed by atoms with van der Waals surface area (Å²) in [7, 11) is 0. The van der Waals surface area contributed by atoms with Gasteiger partial charge in [0.2, 0.25) is 0 Å². The van der Waals surface area contributed by atoms with Crippen molar-refractivity contribution in [3.05, 3.63) is 16.1 Å². The summed E-state index contributed by atoms with van der Waals surface area (Å²) in [5, 5.41) is 2.66. The SMILES string of the molecule is CC(C)CCN(C(=O)c1csc(CN)n1)C1CC1. The van der Waals surface area contributed by atoms with E-state index in [2.05, 4.69) is 18.8 Å². The van der Waals surface area contributed by atoms with Crippen LogP contribution in [0.3, 0.4) is 0 Å². The topological polar surface area (TPSA) is 59.2 Å². The van der Waals surface area contributed by atoms with Crippen molar-refractivity contribution >= 4 is 17.2 Å². The predicted molar refractivity (Wildman–Crippen MR) is 73.5 cm³/mol. The van der Waals surface area contributed by atoms with E-state index >= 15 is 0 Å². The van der Waals surface area contributed by atoms with Gasteiger partial charge in [0.15, 0.2) is 0 Å². The first-order chi connectivity index (χ1) is 8.61. The second-order valence-electron chi connectivity index (χ2n) is 5.24. The lowest BCUT2D eigenvalue weighted by Gasteiger charge is -2.22. The van der Waals surface area contributed by atoms with Crippen LogP contribution in [0.1, 0.15) is 48.6 Å². The largest absolute Gasteiger partial charge is 0.334 e. The van der Waals surface area contributed by atoms with E-state index in [9.17, 15) is 4.79 Å². The molecule has 4 nitrogen and oxygen atoms in total. The molecule has 1 aromatic heterocycles. The molecule has 1 aromatic rings. The van der Waals surface area contributed by atoms with Gasteiger partial charge in [0, 0.05) is 24.5 Å². The molecule has 1 amide bonds. The lowest BCUT2D eigenvalue weighted by atomic mass is 10.1. The number of hydrogen-bond acceptors (Lipinski definition) is 4. The maximum atomic E-state index is 12.4. The van der Waals surface area contributed by atoms with E-state index in [0.29, 0.717) is 24.2 Å². The summed E-state index contributed by atoms with van der Waals surface area (Å²) in [6.07, 6.45) is 3.32. The Labute approximate surface area is 112 Å². The third-order valence-electron chi connectivity index (χ3n) is 3.14. The van der Waals surface area contributed by atoms with Gasteiger partial charge >= 0.3 is 0 Å². The van der Waals surface area contributed by atoms with Crippen LogP contribution in [-0.2, 0) is 6.54 Å². The zero-order chi connectivity index (χ0) is 13.1. The number of aromatic nitrogens is 1. The molecule has 0 atom stereocenters. The number of thiazole rings is 1. The average molecular weight is 267 g/mol. The maximum Gasteiger partial charge on any atom is 0.273 e. The molecule has 0 spiro atoms. The molecule has 5 heteroatoms. The average Bonchev–Trinajstić information content (AvgIpc) is 3.06. The van der Waals surface area contributed by atoms with E-state index in [1.807, 2.05) is 10.3 Å². The van der Waals surface area contributed by atoms with Crippen molar-refractivity contribution in [1.82, 2.24) is 9.88 Å². The Morgan fingerprint density at radius 1 is 1.61 bits per heavy atom. The smallest absolute Gasteiger partial charge is 0.273 e. The third-order valence-corrected chi connectivity index (χ3v) is 4.01. The highest BCUT2D eigenvalue weighted by molar-refractivity contribution is 7.09. The molecule has 1 fully saturated rings. The fraction of sp³-hybridized carbons (Fsp3) is 0.692. The molecular formula is C13H21N3OS. The van der Waals surface area contributed by atoms with E-state index in [-0.39, 0.29) is 5.91 Å². The van der Waals surface area contributed by atoms with Gasteiger partial charge in [-0.25, -0.2) is 4.98 Å². The summed E-state index contributed by atoms with van der Waals surface area (Å²) in [6, 6.07) is 0.444. The minimum Gasteiger partial charge on any atom is -0.334 e. The first-order valence-corrected chi connectivity index (χ1v) is 7.45. The van der Waals surface area contributed by atoms with Crippen LogP contribution >= 0.6 is 11.3 Å². The van der Waals surface area contributed by atoms with Gasteiger partial charge in [-0.1, -0.05) is 13.8 Å². The normalized spacial score (nSPS) is 15.1. The van der Waals surface area contributed by atoms with Gasteiger partial charge in [0.1, 0.15) is 10.7 Å². The van der Waals surface area contributed by atoms with Crippen LogP contribution in [0.25, 0.3) is 0 Å². The van der Waals surface area contributed by atoms with Gasteiger partial charge in [-0.05, 0) is 25.2 Å². The number of amides is 1. The molecule has 1 aliphatic rings. The number of nitrogens with zero attached hydrogens (tertiary/aromatic N) is 2. The van der Waals surface area contributed by atoms with E-state index in [1.54, 1.807) is 0 Å². The molecule has 18 heavy (non-hydrogen) atoms. The van der Waals surface area contributed by atoms with Crippen molar-refractivity contribution in [3.63, 3.8) is 0 Å². The Bertz CT molecular complexity index is 412. The fourth-order valence-electron chi connectivity index (χ4n) is 1.88. The Balaban J connectivity index is 2.03. The first-order valence-electron chi connectivity index (χ1n) is 6.57. The van der Waals surface area contributed by atoms with E-state index in [4.69, 9.17) is 5.73 Å². The Morgan fingerprint density at radius 3 is 2.83 bits per heavy atom. The number of rotatable bonds is 6. The monoisotopic (exact) mass is 267 g/mol. The molecule has 2 N–H and O–H groups in total. The number of carbonyl (C=O) groups is 1. The summed E-state index contributed by atoms with van der Waals surface area (Å²) < 4.78 is 0. The first kappa shape index (κ1) is 13.5. The molecule has 2 rings (SSSR count). The highest BCUT2D eigenvalue weighted by atomic mass is 32.1. The standard InChI is InChI=1S/C13H21N3OS/c1-9(2)5-6-16(10-3-4-10)13(17)11-8-18-12(7-14)15-11/h8-10H,3-7,14H2,1-2H3. The second kappa shape index (κ2) is 5.80. The van der Waals surface area contributed by atoms with E-state index in [1.165, 1.54) is 11.3 Å². The van der Waals surface area contributed by atoms with Gasteiger partial charge in [0.25, 0.3) is 5.91 Å². The second-order valence-corrected chi connectivity index (χ2v) is 6.19. The van der Waals surface area contributed by atoms with Crippen LogP contribution < -0.4 is 5.73 Å². The highest BCUT2D eigenvalue weighted by Crippen LogP contribution is 2.29. The fourth-order valence-corrected chi connectivity index (χ4v) is 2.53. The molecule has 1 aliphatic carbocycles. The summed E-state index contributed by atoms with van der Waals surface area (Å²) in [5.74, 6) is 0.697. The molecule has 0 aliphatic heterocycles. The van der Waals surface area contributed by atoms with Gasteiger partial charge in [-0.3, -0.25) is 4.79 Å². The van der Waals surface area contributed by atoms with Crippen molar-refractivity contribution < 1.29 is 4.79 Å². The van der Waals surface area contributed by atoms with Crippen molar-refractivity contribution in [2.75, 3.05) is 6.54 Å². The molecule has 100 valence electrons. The summed E-state index contributed by atoms with van der Waals surface area (Å²) >= 11 is 1.47. The molecule has 0 unspecified atom stereocenters. The van der Waals surface area contributed by atoms with Crippen LogP contribution in [0.15, 0.2) is 5.38 Å². The van der Waals surface area contributed by atoms with Crippen molar-refractivity contribution in [2.45, 2.75) is 45.7 Å². The summed E-state index contributed by atoms with van der Waals surface area (Å²) in [4.78, 5) is 18.7. The van der Waals surface area contributed by atoms with Crippen molar-refractivity contribution in [2.24, 2.45) is 11.7 Å². The lowest BCUT2D eigenvalue weighted by molar-refractivity contribution is 0.0730. The zero-order valence-corrected chi connectivity index (χ0v) is 11.9. The molecular weight excluding hydrogens is 246 g/mol. The number of carbonyl (C=O) groups excluding carboxylic acids is 1. The van der Waals surface area contributed by atoms with Gasteiger partial charge in [-0.15, -0.1) is 11.3 Å². The number of hydrogen-bond donors (Lipinski definition) is 1. The van der Waals surface area contributed by atoms with Gasteiger partial charge in [-0.2, -0.15) is 0 Å². The Morgan fingerprint density at radius 2 is 2.33 bits per heavy atom. The Kier molecular flexibility index (Phi) is 4.35. The number of nitrogens with two attached hydrogens (primary N) is 1. The maximum absolute atomic E-state index is 12.4. The van der Waals surface area contributed by atoms with Crippen LogP contribution in [0, 0.1) is 5.92 Å². The van der Waals surface area contributed by atoms with Crippen molar-refractivity contribution in [3.8, 4) is 0 Å². The van der Waals surface area contributed by atoms with E-state index < -0.39 is 0 Å². The molecule has 0 saturated heterocycles. The lowest BCUT2D eigenvalue weighted by Crippen LogP contribution is -2.34. The highest BCUT2D eigenvalue weighted by Gasteiger charge is 2.33. The summed E-state index contributed by atoms with van der Waals surface area (Å²) in [5.41, 5.74) is 6.10. The molecule has 0 bridgehead atoms. The molecule has 1 saturated carbocycles. The minimum absolute atomic E-state index is 0.0779. The molecule has 0 aromatic carbocycles. The van der Waals surface area contributed by atoms with Crippen LogP contribution in [-0.4, -0.2) is 28.4 Å². The molecule has 1 heterocycles. The van der Waals surface area contributed by atoms with Crippen LogP contribution in [0.4, 0.5) is 0 Å². The van der Waals surface area contributed by atoms with Gasteiger partial charge < -0.3 is 10.6 Å². The molecule has 0 radical (unpaired) electrons.